The zero-order valence-corrected chi connectivity index (χ0v) is 19.7. The van der Waals surface area contributed by atoms with Gasteiger partial charge in [0.2, 0.25) is 0 Å². The summed E-state index contributed by atoms with van der Waals surface area (Å²) in [5.41, 5.74) is 18.8. The second-order valence-electron chi connectivity index (χ2n) is 8.68. The lowest BCUT2D eigenvalue weighted by Crippen LogP contribution is -2.39. The lowest BCUT2D eigenvalue weighted by molar-refractivity contribution is 0.494. The molecule has 0 spiro atoms. The number of nitrogens with two attached hydrogens (primary N) is 2. The summed E-state index contributed by atoms with van der Waals surface area (Å²) < 4.78 is 17.0. The monoisotopic (exact) mass is 437 g/mol. The van der Waals surface area contributed by atoms with Crippen LogP contribution in [0, 0.1) is 5.82 Å². The standard InChI is InChI=1S/C26H36FN5/c1-5-26(3,29)23(18(2)30-4)10-6-9-22-21(8-7-11-24(22)27)19-12-13-25-31-16-20(14-15-28)32(25)17-19/h7-8,11-13,16-17,30H,5-6,9-10,14-15,28-29H2,1-4H3/b23-18-. The van der Waals surface area contributed by atoms with Crippen molar-refractivity contribution in [3.05, 3.63) is 71.1 Å². The van der Waals surface area contributed by atoms with E-state index in [-0.39, 0.29) is 11.4 Å². The highest BCUT2D eigenvalue weighted by atomic mass is 19.1. The van der Waals surface area contributed by atoms with Gasteiger partial charge in [0.15, 0.2) is 0 Å². The number of nitrogens with one attached hydrogen (secondary N) is 1. The Morgan fingerprint density at radius 3 is 2.69 bits per heavy atom. The van der Waals surface area contributed by atoms with Crippen LogP contribution in [0.5, 0.6) is 0 Å². The fourth-order valence-corrected chi connectivity index (χ4v) is 4.31. The minimum absolute atomic E-state index is 0.169. The molecular weight excluding hydrogens is 401 g/mol. The van der Waals surface area contributed by atoms with Gasteiger partial charge in [-0.15, -0.1) is 0 Å². The van der Waals surface area contributed by atoms with E-state index in [0.717, 1.165) is 59.4 Å². The van der Waals surface area contributed by atoms with Gasteiger partial charge >= 0.3 is 0 Å². The minimum atomic E-state index is -0.378. The maximum Gasteiger partial charge on any atom is 0.136 e. The third-order valence-corrected chi connectivity index (χ3v) is 6.52. The number of halogens is 1. The average Bonchev–Trinajstić information content (AvgIpc) is 3.19. The Labute approximate surface area is 190 Å². The first kappa shape index (κ1) is 24.0. The molecule has 1 unspecified atom stereocenters. The van der Waals surface area contributed by atoms with Crippen molar-refractivity contribution in [3.8, 4) is 11.1 Å². The topological polar surface area (TPSA) is 81.4 Å². The third kappa shape index (κ3) is 5.03. The smallest absolute Gasteiger partial charge is 0.136 e. The molecule has 32 heavy (non-hydrogen) atoms. The summed E-state index contributed by atoms with van der Waals surface area (Å²) in [4.78, 5) is 4.45. The van der Waals surface area contributed by atoms with E-state index in [0.29, 0.717) is 13.0 Å². The molecule has 0 radical (unpaired) electrons. The summed E-state index contributed by atoms with van der Waals surface area (Å²) in [7, 11) is 1.92. The molecule has 0 fully saturated rings. The van der Waals surface area contributed by atoms with Gasteiger partial charge in [0.1, 0.15) is 11.5 Å². The Kier molecular flexibility index (Phi) is 7.69. The van der Waals surface area contributed by atoms with Gasteiger partial charge in [0.25, 0.3) is 0 Å². The van der Waals surface area contributed by atoms with E-state index in [9.17, 15) is 4.39 Å². The summed E-state index contributed by atoms with van der Waals surface area (Å²) in [5.74, 6) is -0.169. The van der Waals surface area contributed by atoms with Crippen LogP contribution >= 0.6 is 0 Å². The van der Waals surface area contributed by atoms with E-state index in [2.05, 4.69) is 35.5 Å². The summed E-state index contributed by atoms with van der Waals surface area (Å²) >= 11 is 0. The first-order valence-electron chi connectivity index (χ1n) is 11.4. The normalized spacial score (nSPS) is 14.3. The molecule has 0 bridgehead atoms. The van der Waals surface area contributed by atoms with E-state index in [1.807, 2.05) is 37.6 Å². The van der Waals surface area contributed by atoms with Gasteiger partial charge in [-0.3, -0.25) is 0 Å². The van der Waals surface area contributed by atoms with E-state index < -0.39 is 0 Å². The molecule has 3 aromatic rings. The fraction of sp³-hybridized carbons (Fsp3) is 0.423. The van der Waals surface area contributed by atoms with Crippen molar-refractivity contribution in [2.45, 2.75) is 58.4 Å². The maximum atomic E-state index is 15.0. The zero-order chi connectivity index (χ0) is 23.3. The predicted molar refractivity (Wildman–Crippen MR) is 131 cm³/mol. The van der Waals surface area contributed by atoms with Crippen LogP contribution in [0.2, 0.25) is 0 Å². The molecule has 3 rings (SSSR count). The molecule has 5 nitrogen and oxygen atoms in total. The summed E-state index contributed by atoms with van der Waals surface area (Å²) in [6, 6.07) is 9.30. The Morgan fingerprint density at radius 1 is 1.22 bits per heavy atom. The highest BCUT2D eigenvalue weighted by Gasteiger charge is 2.23. The van der Waals surface area contributed by atoms with Crippen molar-refractivity contribution < 1.29 is 4.39 Å². The summed E-state index contributed by atoms with van der Waals surface area (Å²) in [6.07, 6.45) is 7.77. The van der Waals surface area contributed by atoms with Crippen molar-refractivity contribution in [2.75, 3.05) is 13.6 Å². The number of fused-ring (bicyclic) bond motifs is 1. The molecule has 0 aliphatic rings. The first-order chi connectivity index (χ1) is 15.3. The van der Waals surface area contributed by atoms with Gasteiger partial charge in [0, 0.05) is 42.8 Å². The highest BCUT2D eigenvalue weighted by Crippen LogP contribution is 2.30. The van der Waals surface area contributed by atoms with Gasteiger partial charge in [-0.1, -0.05) is 19.1 Å². The zero-order valence-electron chi connectivity index (χ0n) is 19.7. The Balaban J connectivity index is 1.90. The number of imidazole rings is 1. The lowest BCUT2D eigenvalue weighted by atomic mass is 9.84. The van der Waals surface area contributed by atoms with Gasteiger partial charge in [-0.25, -0.2) is 9.37 Å². The SMILES string of the molecule is CCC(C)(N)/C(CCCc1c(F)cccc1-c1ccc2ncc(CCN)n2c1)=C(/C)NC. The molecule has 1 aromatic carbocycles. The van der Waals surface area contributed by atoms with Crippen molar-refractivity contribution in [1.82, 2.24) is 14.7 Å². The predicted octanol–water partition coefficient (Wildman–Crippen LogP) is 4.59. The third-order valence-electron chi connectivity index (χ3n) is 6.52. The number of benzene rings is 1. The molecule has 172 valence electrons. The van der Waals surface area contributed by atoms with Crippen LogP contribution in [0.1, 0.15) is 51.3 Å². The molecule has 5 N–H and O–H groups in total. The van der Waals surface area contributed by atoms with Crippen molar-refractivity contribution >= 4 is 5.65 Å². The molecule has 0 amide bonds. The Hall–Kier alpha value is -2.70. The van der Waals surface area contributed by atoms with Crippen LogP contribution in [-0.4, -0.2) is 28.5 Å². The molecule has 2 heterocycles. The minimum Gasteiger partial charge on any atom is -0.392 e. The number of pyridine rings is 1. The molecule has 0 saturated heterocycles. The average molecular weight is 438 g/mol. The van der Waals surface area contributed by atoms with E-state index in [1.165, 1.54) is 5.57 Å². The van der Waals surface area contributed by atoms with Crippen LogP contribution < -0.4 is 16.8 Å². The lowest BCUT2D eigenvalue weighted by Gasteiger charge is -2.29. The van der Waals surface area contributed by atoms with Crippen LogP contribution in [0.25, 0.3) is 16.8 Å². The van der Waals surface area contributed by atoms with Gasteiger partial charge in [-0.05, 0) is 86.5 Å². The highest BCUT2D eigenvalue weighted by molar-refractivity contribution is 5.68. The second kappa shape index (κ2) is 10.3. The van der Waals surface area contributed by atoms with Crippen molar-refractivity contribution in [3.63, 3.8) is 0 Å². The van der Waals surface area contributed by atoms with Gasteiger partial charge < -0.3 is 21.2 Å². The first-order valence-corrected chi connectivity index (χ1v) is 11.4. The van der Waals surface area contributed by atoms with E-state index in [4.69, 9.17) is 11.5 Å². The van der Waals surface area contributed by atoms with Gasteiger partial charge in [-0.2, -0.15) is 0 Å². The molecule has 1 atom stereocenters. The van der Waals surface area contributed by atoms with Crippen molar-refractivity contribution in [2.24, 2.45) is 11.5 Å². The number of allylic oxidation sites excluding steroid dienone is 1. The number of hydrogen-bond donors (Lipinski definition) is 3. The second-order valence-corrected chi connectivity index (χ2v) is 8.68. The summed E-state index contributed by atoms with van der Waals surface area (Å²) in [5, 5.41) is 3.24. The Morgan fingerprint density at radius 2 is 2.00 bits per heavy atom. The molecule has 0 saturated carbocycles. The van der Waals surface area contributed by atoms with Crippen molar-refractivity contribution in [1.29, 1.82) is 0 Å². The van der Waals surface area contributed by atoms with Crippen LogP contribution in [0.3, 0.4) is 0 Å². The number of aromatic nitrogens is 2. The van der Waals surface area contributed by atoms with Crippen LogP contribution in [0.4, 0.5) is 4.39 Å². The molecule has 2 aromatic heterocycles. The molecule has 0 aliphatic carbocycles. The van der Waals surface area contributed by atoms with Crippen LogP contribution in [-0.2, 0) is 12.8 Å². The molecule has 6 heteroatoms. The molecular formula is C26H36FN5. The number of rotatable bonds is 10. The number of nitrogens with zero attached hydrogens (tertiary/aromatic N) is 2. The van der Waals surface area contributed by atoms with E-state index in [1.54, 1.807) is 12.1 Å². The number of hydrogen-bond acceptors (Lipinski definition) is 4. The largest absolute Gasteiger partial charge is 0.392 e. The Bertz CT molecular complexity index is 1100. The van der Waals surface area contributed by atoms with Gasteiger partial charge in [0.05, 0.1) is 0 Å². The maximum absolute atomic E-state index is 15.0. The fourth-order valence-electron chi connectivity index (χ4n) is 4.31. The quantitative estimate of drug-likeness (QED) is 0.433. The molecule has 0 aliphatic heterocycles. The summed E-state index contributed by atoms with van der Waals surface area (Å²) in [6.45, 7) is 6.78. The van der Waals surface area contributed by atoms with Crippen LogP contribution in [0.15, 0.2) is 54.0 Å². The van der Waals surface area contributed by atoms with E-state index >= 15 is 0 Å².